The van der Waals surface area contributed by atoms with Crippen molar-refractivity contribution >= 4 is 66.9 Å². The van der Waals surface area contributed by atoms with Crippen molar-refractivity contribution in [3.05, 3.63) is 0 Å². The van der Waals surface area contributed by atoms with Gasteiger partial charge in [-0.3, -0.25) is 0 Å². The van der Waals surface area contributed by atoms with Crippen LogP contribution in [-0.4, -0.2) is 88.1 Å². The molecule has 0 aliphatic rings. The van der Waals surface area contributed by atoms with Crippen LogP contribution in [-0.2, 0) is 0 Å². The third-order valence-electron chi connectivity index (χ3n) is 0. The molecule has 0 saturated heterocycles. The van der Waals surface area contributed by atoms with Gasteiger partial charge in [0.2, 0.25) is 0 Å². The monoisotopic (exact) mass is 166 g/mol. The first kappa shape index (κ1) is 35.0. The molecule has 0 bridgehead atoms. The third kappa shape index (κ3) is 189. The Balaban J connectivity index is -0.00000000750. The van der Waals surface area contributed by atoms with E-state index < -0.39 is 6.16 Å². The summed E-state index contributed by atoms with van der Waals surface area (Å²) in [5.41, 5.74) is 0. The smallest absolute Gasteiger partial charge is 0.316 e. The Labute approximate surface area is 91.8 Å². The summed E-state index contributed by atoms with van der Waals surface area (Å²) in [5.74, 6) is 0. The fraction of sp³-hybridized carbons (Fsp3) is 0. The van der Waals surface area contributed by atoms with E-state index in [4.69, 9.17) is 15.0 Å². The first-order valence-corrected chi connectivity index (χ1v) is 0.651. The summed E-state index contributed by atoms with van der Waals surface area (Å²) in [4.78, 5) is 8.56. The van der Waals surface area contributed by atoms with Crippen LogP contribution in [0.2, 0.25) is 0 Å². The molecule has 0 amide bonds. The molecule has 5 nitrogen and oxygen atoms in total. The Morgan fingerprint density at radius 3 is 1.12 bits per heavy atom. The molecule has 0 fully saturated rings. The van der Waals surface area contributed by atoms with Gasteiger partial charge in [-0.25, -0.2) is 4.79 Å². The molecule has 48 valence electrons. The Morgan fingerprint density at radius 2 is 1.12 bits per heavy atom. The van der Waals surface area contributed by atoms with Crippen LogP contribution in [0.1, 0.15) is 0 Å². The molecule has 0 rings (SSSR count). The van der Waals surface area contributed by atoms with Gasteiger partial charge in [0, 0.05) is 0 Å². The van der Waals surface area contributed by atoms with Crippen molar-refractivity contribution in [1.29, 1.82) is 0 Å². The van der Waals surface area contributed by atoms with E-state index in [1.807, 2.05) is 0 Å². The van der Waals surface area contributed by atoms with E-state index in [2.05, 4.69) is 0 Å². The van der Waals surface area contributed by atoms with Crippen LogP contribution in [0.5, 0.6) is 0 Å². The van der Waals surface area contributed by atoms with Crippen LogP contribution in [0.3, 0.4) is 0 Å². The Morgan fingerprint density at radius 1 is 1.12 bits per heavy atom. The summed E-state index contributed by atoms with van der Waals surface area (Å²) in [6, 6.07) is 0. The first-order chi connectivity index (χ1) is 1.73. The van der Waals surface area contributed by atoms with Gasteiger partial charge in [-0.1, -0.05) is 0 Å². The first-order valence-electron chi connectivity index (χ1n) is 0.651. The molecule has 0 aliphatic carbocycles. The molecule has 0 spiro atoms. The predicted molar refractivity (Wildman–Crippen MR) is 35.0 cm³/mol. The van der Waals surface area contributed by atoms with Crippen LogP contribution in [0.15, 0.2) is 0 Å². The molecule has 8 heavy (non-hydrogen) atoms. The Kier molecular flexibility index (Phi) is 105. The van der Waals surface area contributed by atoms with Crippen molar-refractivity contribution in [3.63, 3.8) is 0 Å². The summed E-state index contributed by atoms with van der Waals surface area (Å²) in [6.07, 6.45) is -1.83. The largest absolute Gasteiger partial charge is 0.316 e. The van der Waals surface area contributed by atoms with Crippen molar-refractivity contribution in [2.45, 2.75) is 0 Å². The minimum atomic E-state index is -1.83. The molecular formula is CH10CaMgO5. The third-order valence-corrected chi connectivity index (χ3v) is 0. The Bertz CT molecular complexity index is 35.4. The summed E-state index contributed by atoms with van der Waals surface area (Å²) in [5, 5.41) is 13.9. The molecule has 0 unspecified atom stereocenters. The zero-order valence-electron chi connectivity index (χ0n) is 2.80. The fourth-order valence-electron chi connectivity index (χ4n) is 0. The maximum absolute atomic E-state index is 8.56. The van der Waals surface area contributed by atoms with Crippen molar-refractivity contribution in [3.8, 4) is 0 Å². The molecular weight excluding hydrogens is 156 g/mol. The van der Waals surface area contributed by atoms with E-state index in [1.165, 1.54) is 0 Å². The zero-order chi connectivity index (χ0) is 3.58. The summed E-state index contributed by atoms with van der Waals surface area (Å²) in [7, 11) is 0. The number of carboxylic acid groups (broad SMARTS) is 2. The fourth-order valence-corrected chi connectivity index (χ4v) is 0. The van der Waals surface area contributed by atoms with Crippen LogP contribution in [0.25, 0.3) is 0 Å². The van der Waals surface area contributed by atoms with Gasteiger partial charge in [0.1, 0.15) is 0 Å². The van der Waals surface area contributed by atoms with Gasteiger partial charge in [0.05, 0.1) is 0 Å². The van der Waals surface area contributed by atoms with E-state index in [9.17, 15) is 0 Å². The minimum absolute atomic E-state index is 0. The Hall–Kier alpha value is 1.22. The SMILES string of the molecule is O.O.O=C(O)O.[CaH2].[MgH2]. The van der Waals surface area contributed by atoms with Gasteiger partial charge in [-0.05, 0) is 0 Å². The van der Waals surface area contributed by atoms with Gasteiger partial charge in [0.15, 0.2) is 0 Å². The summed E-state index contributed by atoms with van der Waals surface area (Å²) >= 11 is 0. The van der Waals surface area contributed by atoms with Crippen molar-refractivity contribution in [1.82, 2.24) is 0 Å². The van der Waals surface area contributed by atoms with Gasteiger partial charge >= 0.3 is 66.9 Å². The van der Waals surface area contributed by atoms with Gasteiger partial charge in [-0.2, -0.15) is 0 Å². The topological polar surface area (TPSA) is 121 Å². The molecule has 0 saturated carbocycles. The van der Waals surface area contributed by atoms with Crippen LogP contribution in [0.4, 0.5) is 4.79 Å². The molecule has 0 radical (unpaired) electrons. The van der Waals surface area contributed by atoms with Crippen molar-refractivity contribution in [2.75, 3.05) is 0 Å². The molecule has 0 aromatic heterocycles. The minimum Gasteiger partial charge on any atom is 0.316 e. The van der Waals surface area contributed by atoms with E-state index in [0.29, 0.717) is 0 Å². The molecule has 0 aromatic rings. The van der Waals surface area contributed by atoms with Crippen molar-refractivity contribution < 1.29 is 26.0 Å². The van der Waals surface area contributed by atoms with Crippen molar-refractivity contribution in [2.24, 2.45) is 0 Å². The maximum atomic E-state index is 8.56. The summed E-state index contributed by atoms with van der Waals surface area (Å²) < 4.78 is 0. The second kappa shape index (κ2) is 24.1. The van der Waals surface area contributed by atoms with Gasteiger partial charge < -0.3 is 21.2 Å². The normalized spacial score (nSPS) is 3.00. The molecule has 0 aromatic carbocycles. The zero-order valence-corrected chi connectivity index (χ0v) is 2.80. The van der Waals surface area contributed by atoms with Crippen LogP contribution in [0, 0.1) is 0 Å². The number of hydrogen-bond donors (Lipinski definition) is 2. The van der Waals surface area contributed by atoms with E-state index in [1.54, 1.807) is 0 Å². The second-order valence-corrected chi connectivity index (χ2v) is 0.283. The molecule has 0 aliphatic heterocycles. The van der Waals surface area contributed by atoms with Crippen LogP contribution < -0.4 is 0 Å². The molecule has 0 heterocycles. The van der Waals surface area contributed by atoms with E-state index in [-0.39, 0.29) is 71.7 Å². The quantitative estimate of drug-likeness (QED) is 0.367. The summed E-state index contributed by atoms with van der Waals surface area (Å²) in [6.45, 7) is 0. The predicted octanol–water partition coefficient (Wildman–Crippen LogP) is -3.26. The molecule has 7 heteroatoms. The maximum Gasteiger partial charge on any atom is 0.316 e. The van der Waals surface area contributed by atoms with Gasteiger partial charge in [-0.15, -0.1) is 0 Å². The van der Waals surface area contributed by atoms with E-state index in [0.717, 1.165) is 0 Å². The number of hydrogen-bond acceptors (Lipinski definition) is 1. The average Bonchev–Trinajstić information content (AvgIpc) is 0.811. The van der Waals surface area contributed by atoms with E-state index >= 15 is 0 Å². The second-order valence-electron chi connectivity index (χ2n) is 0.283. The standard InChI is InChI=1S/CH2O3.Ca.Mg.2H2O.4H/c2-1(3)4;;;;;;;;/h(H2,2,3,4);;;2*1H2;;;;. The van der Waals surface area contributed by atoms with Crippen LogP contribution >= 0.6 is 0 Å². The average molecular weight is 166 g/mol. The number of carbonyl (C=O) groups is 1. The molecule has 0 atom stereocenters. The van der Waals surface area contributed by atoms with Gasteiger partial charge in [0.25, 0.3) is 0 Å². The molecule has 6 N–H and O–H groups in total. The number of rotatable bonds is 0.